The molecular weight excluding hydrogens is 244 g/mol. The Hall–Kier alpha value is -1.40. The standard InChI is InChI=1S/C10H10N2O2S2/c1-14-7-4-5(2-3-6(7)13)8-9(15)12-10(16)11-8/h2-4,8,13H,1H3,(H2,11,12,15,16). The minimum atomic E-state index is -0.156. The van der Waals surface area contributed by atoms with Crippen LogP contribution in [0.25, 0.3) is 0 Å². The van der Waals surface area contributed by atoms with Crippen LogP contribution < -0.4 is 15.4 Å². The molecular formula is C10H10N2O2S2. The molecule has 0 aliphatic carbocycles. The molecule has 6 heteroatoms. The van der Waals surface area contributed by atoms with Gasteiger partial charge in [0.1, 0.15) is 11.0 Å². The van der Waals surface area contributed by atoms with Gasteiger partial charge in [-0.3, -0.25) is 0 Å². The largest absolute Gasteiger partial charge is 0.504 e. The second kappa shape index (κ2) is 4.23. The summed E-state index contributed by atoms with van der Waals surface area (Å²) in [5.41, 5.74) is 0.895. The molecule has 2 rings (SSSR count). The molecule has 1 saturated heterocycles. The molecule has 0 saturated carbocycles. The van der Waals surface area contributed by atoms with Crippen molar-refractivity contribution in [2.24, 2.45) is 0 Å². The highest BCUT2D eigenvalue weighted by Crippen LogP contribution is 2.29. The summed E-state index contributed by atoms with van der Waals surface area (Å²) in [6.45, 7) is 0. The van der Waals surface area contributed by atoms with Gasteiger partial charge in [-0.1, -0.05) is 18.3 Å². The maximum absolute atomic E-state index is 9.48. The number of methoxy groups -OCH3 is 1. The second-order valence-corrected chi connectivity index (χ2v) is 4.18. The van der Waals surface area contributed by atoms with E-state index in [1.165, 1.54) is 7.11 Å². The highest BCUT2D eigenvalue weighted by molar-refractivity contribution is 7.82. The van der Waals surface area contributed by atoms with Crippen LogP contribution in [-0.4, -0.2) is 22.3 Å². The summed E-state index contributed by atoms with van der Waals surface area (Å²) >= 11 is 10.1. The third kappa shape index (κ3) is 1.94. The summed E-state index contributed by atoms with van der Waals surface area (Å²) in [6.07, 6.45) is 0. The average Bonchev–Trinajstić information content (AvgIpc) is 2.59. The zero-order valence-electron chi connectivity index (χ0n) is 8.48. The predicted molar refractivity (Wildman–Crippen MR) is 68.9 cm³/mol. The van der Waals surface area contributed by atoms with Crippen LogP contribution >= 0.6 is 24.4 Å². The van der Waals surface area contributed by atoms with Crippen molar-refractivity contribution in [1.82, 2.24) is 10.6 Å². The van der Waals surface area contributed by atoms with E-state index in [1.807, 2.05) is 0 Å². The Balaban J connectivity index is 2.34. The number of thiocarbonyl (C=S) groups is 2. The maximum atomic E-state index is 9.48. The van der Waals surface area contributed by atoms with Crippen LogP contribution in [0.15, 0.2) is 18.2 Å². The van der Waals surface area contributed by atoms with Crippen molar-refractivity contribution < 1.29 is 9.84 Å². The van der Waals surface area contributed by atoms with Crippen LogP contribution in [0.3, 0.4) is 0 Å². The van der Waals surface area contributed by atoms with Gasteiger partial charge < -0.3 is 20.5 Å². The van der Waals surface area contributed by atoms with Gasteiger partial charge in [0, 0.05) is 0 Å². The molecule has 1 atom stereocenters. The lowest BCUT2D eigenvalue weighted by atomic mass is 10.1. The monoisotopic (exact) mass is 254 g/mol. The average molecular weight is 254 g/mol. The lowest BCUT2D eigenvalue weighted by Gasteiger charge is -2.12. The normalized spacial score (nSPS) is 19.2. The lowest BCUT2D eigenvalue weighted by Crippen LogP contribution is -2.21. The number of phenols is 1. The van der Waals surface area contributed by atoms with Gasteiger partial charge in [0.25, 0.3) is 0 Å². The van der Waals surface area contributed by atoms with Crippen molar-refractivity contribution in [1.29, 1.82) is 0 Å². The third-order valence-corrected chi connectivity index (χ3v) is 2.87. The smallest absolute Gasteiger partial charge is 0.172 e. The van der Waals surface area contributed by atoms with E-state index in [4.69, 9.17) is 29.2 Å². The number of benzene rings is 1. The molecule has 4 nitrogen and oxygen atoms in total. The van der Waals surface area contributed by atoms with Crippen LogP contribution in [0.4, 0.5) is 0 Å². The molecule has 1 aliphatic heterocycles. The van der Waals surface area contributed by atoms with Crippen molar-refractivity contribution in [3.8, 4) is 11.5 Å². The van der Waals surface area contributed by atoms with Crippen molar-refractivity contribution >= 4 is 34.5 Å². The number of nitrogens with one attached hydrogen (secondary N) is 2. The highest BCUT2D eigenvalue weighted by atomic mass is 32.1. The number of rotatable bonds is 2. The van der Waals surface area contributed by atoms with Crippen LogP contribution in [0, 0.1) is 0 Å². The molecule has 1 unspecified atom stereocenters. The Morgan fingerprint density at radius 3 is 2.69 bits per heavy atom. The molecule has 1 aromatic rings. The van der Waals surface area contributed by atoms with Crippen molar-refractivity contribution in [3.63, 3.8) is 0 Å². The van der Waals surface area contributed by atoms with Gasteiger partial charge in [-0.2, -0.15) is 0 Å². The molecule has 0 radical (unpaired) electrons. The predicted octanol–water partition coefficient (Wildman–Crippen LogP) is 1.25. The molecule has 3 N–H and O–H groups in total. The van der Waals surface area contributed by atoms with Gasteiger partial charge in [-0.05, 0) is 29.9 Å². The van der Waals surface area contributed by atoms with E-state index in [-0.39, 0.29) is 11.8 Å². The number of hydrogen-bond acceptors (Lipinski definition) is 4. The fraction of sp³-hybridized carbons (Fsp3) is 0.200. The lowest BCUT2D eigenvalue weighted by molar-refractivity contribution is 0.373. The summed E-state index contributed by atoms with van der Waals surface area (Å²) < 4.78 is 5.03. The van der Waals surface area contributed by atoms with Crippen LogP contribution in [-0.2, 0) is 0 Å². The topological polar surface area (TPSA) is 53.5 Å². The maximum Gasteiger partial charge on any atom is 0.172 e. The molecule has 84 valence electrons. The van der Waals surface area contributed by atoms with Gasteiger partial charge in [-0.25, -0.2) is 0 Å². The van der Waals surface area contributed by atoms with E-state index in [2.05, 4.69) is 10.6 Å². The second-order valence-electron chi connectivity index (χ2n) is 3.33. The molecule has 16 heavy (non-hydrogen) atoms. The van der Waals surface area contributed by atoms with E-state index >= 15 is 0 Å². The van der Waals surface area contributed by atoms with E-state index in [9.17, 15) is 5.11 Å². The molecule has 0 spiro atoms. The van der Waals surface area contributed by atoms with E-state index in [1.54, 1.807) is 18.2 Å². The molecule has 1 fully saturated rings. The Morgan fingerprint density at radius 2 is 2.12 bits per heavy atom. The minimum absolute atomic E-state index is 0.103. The zero-order valence-corrected chi connectivity index (χ0v) is 10.1. The van der Waals surface area contributed by atoms with Gasteiger partial charge >= 0.3 is 0 Å². The quantitative estimate of drug-likeness (QED) is 0.691. The third-order valence-electron chi connectivity index (χ3n) is 2.31. The molecule has 1 aliphatic rings. The number of ether oxygens (including phenoxy) is 1. The molecule has 1 aromatic carbocycles. The first kappa shape index (κ1) is 11.1. The van der Waals surface area contributed by atoms with Gasteiger partial charge in [0.15, 0.2) is 16.6 Å². The van der Waals surface area contributed by atoms with Crippen LogP contribution in [0.5, 0.6) is 11.5 Å². The minimum Gasteiger partial charge on any atom is -0.504 e. The Kier molecular flexibility index (Phi) is 2.93. The molecule has 0 aromatic heterocycles. The summed E-state index contributed by atoms with van der Waals surface area (Å²) in [4.78, 5) is 0.623. The first-order chi connectivity index (χ1) is 7.61. The number of hydrogen-bond donors (Lipinski definition) is 3. The van der Waals surface area contributed by atoms with E-state index in [0.29, 0.717) is 15.9 Å². The first-order valence-corrected chi connectivity index (χ1v) is 5.41. The first-order valence-electron chi connectivity index (χ1n) is 4.60. The van der Waals surface area contributed by atoms with Gasteiger partial charge in [0.05, 0.1) is 7.11 Å². The Labute approximate surface area is 104 Å². The van der Waals surface area contributed by atoms with Crippen molar-refractivity contribution in [2.45, 2.75) is 6.04 Å². The van der Waals surface area contributed by atoms with Crippen molar-refractivity contribution in [2.75, 3.05) is 7.11 Å². The van der Waals surface area contributed by atoms with Gasteiger partial charge in [-0.15, -0.1) is 0 Å². The number of aromatic hydroxyl groups is 1. The molecule has 0 bridgehead atoms. The van der Waals surface area contributed by atoms with Crippen LogP contribution in [0.2, 0.25) is 0 Å². The highest BCUT2D eigenvalue weighted by Gasteiger charge is 2.25. The fourth-order valence-electron chi connectivity index (χ4n) is 1.53. The van der Waals surface area contributed by atoms with E-state index in [0.717, 1.165) is 5.56 Å². The fourth-order valence-corrected chi connectivity index (χ4v) is 2.11. The molecule has 0 amide bonds. The molecule has 1 heterocycles. The number of phenolic OH excluding ortho intramolecular Hbond substituents is 1. The SMILES string of the molecule is COc1cc(C2NC(=S)NC2=S)ccc1O. The Morgan fingerprint density at radius 1 is 1.38 bits per heavy atom. The summed E-state index contributed by atoms with van der Waals surface area (Å²) in [5.74, 6) is 0.519. The van der Waals surface area contributed by atoms with Gasteiger partial charge in [0.2, 0.25) is 0 Å². The Bertz CT molecular complexity index is 462. The summed E-state index contributed by atoms with van der Waals surface area (Å²) in [6, 6.07) is 4.92. The van der Waals surface area contributed by atoms with E-state index < -0.39 is 0 Å². The van der Waals surface area contributed by atoms with Crippen LogP contribution in [0.1, 0.15) is 11.6 Å². The van der Waals surface area contributed by atoms with Crippen molar-refractivity contribution in [3.05, 3.63) is 23.8 Å². The summed E-state index contributed by atoms with van der Waals surface area (Å²) in [7, 11) is 1.50. The summed E-state index contributed by atoms with van der Waals surface area (Å²) in [5, 5.41) is 15.9. The zero-order chi connectivity index (χ0) is 11.7.